The monoisotopic (exact) mass is 424 g/mol. The van der Waals surface area contributed by atoms with Crippen LogP contribution in [0.4, 0.5) is 0 Å². The number of nitrogens with one attached hydrogen (secondary N) is 1. The molecule has 0 fully saturated rings. The summed E-state index contributed by atoms with van der Waals surface area (Å²) < 4.78 is 5.93. The molecule has 0 heterocycles. The van der Waals surface area contributed by atoms with Gasteiger partial charge in [-0.2, -0.15) is 0 Å². The van der Waals surface area contributed by atoms with Gasteiger partial charge in [0.05, 0.1) is 0 Å². The zero-order valence-electron chi connectivity index (χ0n) is 19.5. The molecule has 0 bridgehead atoms. The molecule has 1 N–H and O–H groups in total. The van der Waals surface area contributed by atoms with E-state index in [1.165, 1.54) is 0 Å². The first-order valence-electron chi connectivity index (χ1n) is 11.2. The van der Waals surface area contributed by atoms with E-state index in [0.29, 0.717) is 25.3 Å². The summed E-state index contributed by atoms with van der Waals surface area (Å²) in [6.07, 6.45) is 2.47. The maximum Gasteiger partial charge on any atom is 0.261 e. The SMILES string of the molecule is CCCCNC(=O)C(CC)N(Cc1ccccc1)C(=O)COc1cc(C)cc(C)c1C. The van der Waals surface area contributed by atoms with Gasteiger partial charge in [0.1, 0.15) is 11.8 Å². The minimum absolute atomic E-state index is 0.102. The maximum atomic E-state index is 13.3. The Morgan fingerprint density at radius 1 is 1.06 bits per heavy atom. The molecule has 0 aliphatic rings. The number of unbranched alkanes of at least 4 members (excludes halogenated alkanes) is 1. The number of nitrogens with zero attached hydrogens (tertiary/aromatic N) is 1. The van der Waals surface area contributed by atoms with Crippen molar-refractivity contribution >= 4 is 11.8 Å². The van der Waals surface area contributed by atoms with Gasteiger partial charge in [0.25, 0.3) is 5.91 Å². The number of benzene rings is 2. The van der Waals surface area contributed by atoms with Gasteiger partial charge < -0.3 is 15.0 Å². The summed E-state index contributed by atoms with van der Waals surface area (Å²) in [4.78, 5) is 27.8. The fraction of sp³-hybridized carbons (Fsp3) is 0.462. The molecule has 0 saturated carbocycles. The summed E-state index contributed by atoms with van der Waals surface area (Å²) in [5.74, 6) is 0.411. The second kappa shape index (κ2) is 12.1. The van der Waals surface area contributed by atoms with Crippen molar-refractivity contribution < 1.29 is 14.3 Å². The number of ether oxygens (including phenoxy) is 1. The van der Waals surface area contributed by atoms with E-state index < -0.39 is 6.04 Å². The van der Waals surface area contributed by atoms with E-state index in [1.54, 1.807) is 4.90 Å². The van der Waals surface area contributed by atoms with E-state index in [0.717, 1.165) is 35.1 Å². The van der Waals surface area contributed by atoms with E-state index in [4.69, 9.17) is 4.74 Å². The summed E-state index contributed by atoms with van der Waals surface area (Å²) in [5, 5.41) is 2.98. The predicted octanol–water partition coefficient (Wildman–Crippen LogP) is 4.71. The molecule has 0 radical (unpaired) electrons. The average molecular weight is 425 g/mol. The van der Waals surface area contributed by atoms with Gasteiger partial charge in [0, 0.05) is 13.1 Å². The number of amides is 2. The van der Waals surface area contributed by atoms with Crippen LogP contribution < -0.4 is 10.1 Å². The van der Waals surface area contributed by atoms with Crippen molar-refractivity contribution in [2.24, 2.45) is 0 Å². The first-order valence-corrected chi connectivity index (χ1v) is 11.2. The fourth-order valence-electron chi connectivity index (χ4n) is 3.58. The standard InChI is InChI=1S/C26H36N2O3/c1-6-8-14-27-26(30)23(7-2)28(17-22-12-10-9-11-13-22)25(29)18-31-24-16-19(3)15-20(4)21(24)5/h9-13,15-16,23H,6-8,14,17-18H2,1-5H3,(H,27,30). The van der Waals surface area contributed by atoms with Gasteiger partial charge in [0.15, 0.2) is 6.61 Å². The molecule has 2 aromatic carbocycles. The Bertz CT molecular complexity index is 864. The number of aryl methyl sites for hydroxylation is 2. The molecule has 0 aromatic heterocycles. The van der Waals surface area contributed by atoms with Crippen LogP contribution in [-0.2, 0) is 16.1 Å². The molecule has 5 nitrogen and oxygen atoms in total. The molecule has 2 rings (SSSR count). The van der Waals surface area contributed by atoms with Crippen LogP contribution in [0.3, 0.4) is 0 Å². The van der Waals surface area contributed by atoms with Crippen LogP contribution >= 0.6 is 0 Å². The van der Waals surface area contributed by atoms with Gasteiger partial charge in [-0.05, 0) is 61.9 Å². The summed E-state index contributed by atoms with van der Waals surface area (Å²) in [7, 11) is 0. The molecular formula is C26H36N2O3. The van der Waals surface area contributed by atoms with E-state index in [2.05, 4.69) is 18.3 Å². The molecule has 168 valence electrons. The molecule has 2 amide bonds. The van der Waals surface area contributed by atoms with Crippen molar-refractivity contribution in [2.45, 2.75) is 66.5 Å². The Hall–Kier alpha value is -2.82. The van der Waals surface area contributed by atoms with Crippen molar-refractivity contribution in [1.29, 1.82) is 0 Å². The molecule has 0 aliphatic carbocycles. The van der Waals surface area contributed by atoms with Gasteiger partial charge in [0.2, 0.25) is 5.91 Å². The number of carbonyl (C=O) groups excluding carboxylic acids is 2. The summed E-state index contributed by atoms with van der Waals surface area (Å²) in [5.41, 5.74) is 4.23. The lowest BCUT2D eigenvalue weighted by molar-refractivity contribution is -0.143. The Morgan fingerprint density at radius 2 is 1.77 bits per heavy atom. The number of rotatable bonds is 11. The largest absolute Gasteiger partial charge is 0.483 e. The van der Waals surface area contributed by atoms with Gasteiger partial charge in [-0.25, -0.2) is 0 Å². The van der Waals surface area contributed by atoms with Crippen molar-refractivity contribution in [3.05, 3.63) is 64.7 Å². The molecule has 1 atom stereocenters. The Kier molecular flexibility index (Phi) is 9.57. The van der Waals surface area contributed by atoms with E-state index >= 15 is 0 Å². The highest BCUT2D eigenvalue weighted by Crippen LogP contribution is 2.23. The molecular weight excluding hydrogens is 388 g/mol. The van der Waals surface area contributed by atoms with Crippen molar-refractivity contribution in [1.82, 2.24) is 10.2 Å². The molecule has 1 unspecified atom stereocenters. The van der Waals surface area contributed by atoms with E-state index in [1.807, 2.05) is 64.1 Å². The quantitative estimate of drug-likeness (QED) is 0.531. The molecule has 31 heavy (non-hydrogen) atoms. The van der Waals surface area contributed by atoms with Crippen molar-refractivity contribution in [2.75, 3.05) is 13.2 Å². The van der Waals surface area contributed by atoms with Crippen LogP contribution in [0.15, 0.2) is 42.5 Å². The first-order chi connectivity index (χ1) is 14.9. The highest BCUT2D eigenvalue weighted by molar-refractivity contribution is 5.88. The topological polar surface area (TPSA) is 58.6 Å². The summed E-state index contributed by atoms with van der Waals surface area (Å²) in [6.45, 7) is 10.9. The summed E-state index contributed by atoms with van der Waals surface area (Å²) in [6, 6.07) is 13.3. The normalized spacial score (nSPS) is 11.6. The first kappa shape index (κ1) is 24.4. The van der Waals surface area contributed by atoms with Crippen LogP contribution in [0.1, 0.15) is 55.4 Å². The van der Waals surface area contributed by atoms with Crippen LogP contribution in [-0.4, -0.2) is 35.9 Å². The minimum atomic E-state index is -0.534. The minimum Gasteiger partial charge on any atom is -0.483 e. The zero-order valence-corrected chi connectivity index (χ0v) is 19.5. The van der Waals surface area contributed by atoms with Crippen LogP contribution in [0.2, 0.25) is 0 Å². The van der Waals surface area contributed by atoms with Gasteiger partial charge >= 0.3 is 0 Å². The smallest absolute Gasteiger partial charge is 0.261 e. The fourth-order valence-corrected chi connectivity index (χ4v) is 3.58. The van der Waals surface area contributed by atoms with Crippen LogP contribution in [0, 0.1) is 20.8 Å². The number of hydrogen-bond donors (Lipinski definition) is 1. The lowest BCUT2D eigenvalue weighted by Gasteiger charge is -2.30. The third kappa shape index (κ3) is 7.12. The zero-order chi connectivity index (χ0) is 22.8. The molecule has 0 saturated heterocycles. The van der Waals surface area contributed by atoms with Crippen molar-refractivity contribution in [3.63, 3.8) is 0 Å². The van der Waals surface area contributed by atoms with Gasteiger partial charge in [-0.3, -0.25) is 9.59 Å². The van der Waals surface area contributed by atoms with E-state index in [-0.39, 0.29) is 18.4 Å². The molecule has 2 aromatic rings. The second-order valence-electron chi connectivity index (χ2n) is 8.07. The lowest BCUT2D eigenvalue weighted by Crippen LogP contribution is -2.50. The predicted molar refractivity (Wildman–Crippen MR) is 125 cm³/mol. The highest BCUT2D eigenvalue weighted by atomic mass is 16.5. The molecule has 0 spiro atoms. The maximum absolute atomic E-state index is 13.3. The molecule has 5 heteroatoms. The Labute approximate surface area is 186 Å². The lowest BCUT2D eigenvalue weighted by atomic mass is 10.1. The number of carbonyl (C=O) groups is 2. The highest BCUT2D eigenvalue weighted by Gasteiger charge is 2.28. The molecule has 0 aliphatic heterocycles. The van der Waals surface area contributed by atoms with Gasteiger partial charge in [-0.1, -0.05) is 56.7 Å². The van der Waals surface area contributed by atoms with E-state index in [9.17, 15) is 9.59 Å². The average Bonchev–Trinajstić information content (AvgIpc) is 2.75. The summed E-state index contributed by atoms with van der Waals surface area (Å²) >= 11 is 0. The van der Waals surface area contributed by atoms with Crippen LogP contribution in [0.25, 0.3) is 0 Å². The third-order valence-corrected chi connectivity index (χ3v) is 5.53. The van der Waals surface area contributed by atoms with Crippen LogP contribution in [0.5, 0.6) is 5.75 Å². The third-order valence-electron chi connectivity index (χ3n) is 5.53. The Balaban J connectivity index is 2.20. The Morgan fingerprint density at radius 3 is 2.42 bits per heavy atom. The van der Waals surface area contributed by atoms with Crippen molar-refractivity contribution in [3.8, 4) is 5.75 Å². The van der Waals surface area contributed by atoms with Gasteiger partial charge in [-0.15, -0.1) is 0 Å². The number of hydrogen-bond acceptors (Lipinski definition) is 3. The second-order valence-corrected chi connectivity index (χ2v) is 8.07.